The third kappa shape index (κ3) is 5.53. The van der Waals surface area contributed by atoms with Gasteiger partial charge in [0.05, 0.1) is 17.5 Å². The van der Waals surface area contributed by atoms with Crippen LogP contribution in [0.4, 0.5) is 5.69 Å². The fraction of sp³-hybridized carbons (Fsp3) is 0.481. The van der Waals surface area contributed by atoms with Crippen molar-refractivity contribution >= 4 is 29.3 Å². The zero-order valence-electron chi connectivity index (χ0n) is 21.0. The number of carbonyl (C=O) groups excluding carboxylic acids is 2. The number of aromatic nitrogens is 2. The van der Waals surface area contributed by atoms with Gasteiger partial charge in [-0.3, -0.25) is 14.6 Å². The monoisotopic (exact) mass is 477 g/mol. The molecule has 1 fully saturated rings. The molecule has 0 spiro atoms. The third-order valence-corrected chi connectivity index (χ3v) is 7.24. The SMILES string of the molecule is CN=Cc1cnc(C(=O)Nc2ccc(C3(O)CCN(C(C)=O)CC3)cc2C2=CCC(C)(C)CC2)[nH]1. The number of carbonyl (C=O) groups is 2. The van der Waals surface area contributed by atoms with Crippen molar-refractivity contribution in [2.45, 2.75) is 58.5 Å². The lowest BCUT2D eigenvalue weighted by atomic mass is 9.76. The Balaban J connectivity index is 1.65. The van der Waals surface area contributed by atoms with Crippen LogP contribution in [0.3, 0.4) is 0 Å². The molecule has 35 heavy (non-hydrogen) atoms. The molecule has 2 heterocycles. The van der Waals surface area contributed by atoms with Gasteiger partial charge in [0.2, 0.25) is 5.91 Å². The van der Waals surface area contributed by atoms with Gasteiger partial charge in [-0.1, -0.05) is 26.0 Å². The lowest BCUT2D eigenvalue weighted by Gasteiger charge is -2.38. The van der Waals surface area contributed by atoms with E-state index in [4.69, 9.17) is 0 Å². The summed E-state index contributed by atoms with van der Waals surface area (Å²) in [7, 11) is 1.66. The first-order chi connectivity index (χ1) is 16.6. The zero-order valence-corrected chi connectivity index (χ0v) is 21.0. The number of hydrogen-bond donors (Lipinski definition) is 3. The van der Waals surface area contributed by atoms with Crippen molar-refractivity contribution in [1.29, 1.82) is 0 Å². The molecule has 2 aliphatic rings. The number of imidazole rings is 1. The summed E-state index contributed by atoms with van der Waals surface area (Å²) >= 11 is 0. The standard InChI is InChI=1S/C27H35N5O3/c1-18(33)32-13-11-27(35,12-14-32)20-5-6-23(22(15-20)19-7-9-26(2,3)10-8-19)31-25(34)24-29-17-21(30-24)16-28-4/h5-7,15-17,35H,8-14H2,1-4H3,(H,29,30)(H,31,34). The van der Waals surface area contributed by atoms with Crippen molar-refractivity contribution in [2.24, 2.45) is 10.4 Å². The van der Waals surface area contributed by atoms with E-state index in [1.165, 1.54) is 5.57 Å². The number of aliphatic imine (C=N–C) groups is 1. The van der Waals surface area contributed by atoms with Crippen molar-refractivity contribution in [3.8, 4) is 0 Å². The molecule has 1 saturated heterocycles. The maximum absolute atomic E-state index is 13.0. The number of amides is 2. The number of aliphatic hydroxyl groups is 1. The predicted molar refractivity (Wildman–Crippen MR) is 137 cm³/mol. The van der Waals surface area contributed by atoms with Crippen molar-refractivity contribution in [1.82, 2.24) is 14.9 Å². The van der Waals surface area contributed by atoms with Crippen LogP contribution in [0.5, 0.6) is 0 Å². The molecule has 0 saturated carbocycles. The van der Waals surface area contributed by atoms with Crippen LogP contribution in [0.15, 0.2) is 35.5 Å². The Morgan fingerprint density at radius 2 is 1.97 bits per heavy atom. The highest BCUT2D eigenvalue weighted by Gasteiger charge is 2.35. The second-order valence-electron chi connectivity index (χ2n) is 10.4. The van der Waals surface area contributed by atoms with Gasteiger partial charge in [-0.15, -0.1) is 0 Å². The summed E-state index contributed by atoms with van der Waals surface area (Å²) < 4.78 is 0. The summed E-state index contributed by atoms with van der Waals surface area (Å²) in [6, 6.07) is 5.77. The lowest BCUT2D eigenvalue weighted by molar-refractivity contribution is -0.133. The van der Waals surface area contributed by atoms with Crippen molar-refractivity contribution < 1.29 is 14.7 Å². The van der Waals surface area contributed by atoms with Crippen LogP contribution >= 0.6 is 0 Å². The molecular formula is C27H35N5O3. The number of hydrogen-bond acceptors (Lipinski definition) is 5. The number of allylic oxidation sites excluding steroid dienone is 2. The lowest BCUT2D eigenvalue weighted by Crippen LogP contribution is -2.44. The fourth-order valence-corrected chi connectivity index (χ4v) is 4.85. The van der Waals surface area contributed by atoms with E-state index in [9.17, 15) is 14.7 Å². The zero-order chi connectivity index (χ0) is 25.2. The molecule has 3 N–H and O–H groups in total. The molecule has 1 aromatic carbocycles. The molecular weight excluding hydrogens is 442 g/mol. The topological polar surface area (TPSA) is 111 Å². The minimum absolute atomic E-state index is 0.0343. The molecule has 2 aromatic rings. The Morgan fingerprint density at radius 1 is 1.23 bits per heavy atom. The van der Waals surface area contributed by atoms with E-state index in [-0.39, 0.29) is 23.1 Å². The summed E-state index contributed by atoms with van der Waals surface area (Å²) in [5.41, 5.74) is 3.50. The van der Waals surface area contributed by atoms with Crippen molar-refractivity contribution in [3.05, 3.63) is 53.1 Å². The van der Waals surface area contributed by atoms with Crippen molar-refractivity contribution in [2.75, 3.05) is 25.5 Å². The molecule has 0 bridgehead atoms. The molecule has 0 atom stereocenters. The normalized spacial score (nSPS) is 19.5. The Kier molecular flexibility index (Phi) is 6.94. The molecule has 4 rings (SSSR count). The van der Waals surface area contributed by atoms with Crippen LogP contribution in [0.1, 0.15) is 80.3 Å². The number of benzene rings is 1. The minimum Gasteiger partial charge on any atom is -0.385 e. The van der Waals surface area contributed by atoms with Crippen LogP contribution < -0.4 is 5.32 Å². The smallest absolute Gasteiger partial charge is 0.291 e. The van der Waals surface area contributed by atoms with Crippen LogP contribution in [0.25, 0.3) is 5.57 Å². The number of nitrogens with one attached hydrogen (secondary N) is 2. The van der Waals surface area contributed by atoms with Gasteiger partial charge in [-0.2, -0.15) is 0 Å². The van der Waals surface area contributed by atoms with Gasteiger partial charge >= 0.3 is 0 Å². The average Bonchev–Trinajstić information content (AvgIpc) is 3.29. The first-order valence-corrected chi connectivity index (χ1v) is 12.2. The maximum Gasteiger partial charge on any atom is 0.291 e. The van der Waals surface area contributed by atoms with Gasteiger partial charge < -0.3 is 20.3 Å². The van der Waals surface area contributed by atoms with E-state index in [0.717, 1.165) is 30.4 Å². The summed E-state index contributed by atoms with van der Waals surface area (Å²) in [6.07, 6.45) is 9.30. The van der Waals surface area contributed by atoms with Crippen LogP contribution in [0, 0.1) is 5.41 Å². The second-order valence-corrected chi connectivity index (χ2v) is 10.4. The quantitative estimate of drug-likeness (QED) is 0.562. The molecule has 1 aromatic heterocycles. The van der Waals surface area contributed by atoms with E-state index in [0.29, 0.717) is 37.3 Å². The maximum atomic E-state index is 13.0. The summed E-state index contributed by atoms with van der Waals surface area (Å²) in [6.45, 7) is 7.14. The molecule has 1 aliphatic heterocycles. The van der Waals surface area contributed by atoms with Crippen LogP contribution in [-0.2, 0) is 10.4 Å². The number of anilines is 1. The number of aromatic amines is 1. The van der Waals surface area contributed by atoms with E-state index >= 15 is 0 Å². The van der Waals surface area contributed by atoms with E-state index in [2.05, 4.69) is 40.2 Å². The molecule has 186 valence electrons. The molecule has 1 aliphatic carbocycles. The Labute approximate surface area is 206 Å². The Bertz CT molecular complexity index is 1170. The molecule has 0 radical (unpaired) electrons. The summed E-state index contributed by atoms with van der Waals surface area (Å²) in [5, 5.41) is 14.5. The Hall–Kier alpha value is -3.26. The highest BCUT2D eigenvalue weighted by Crippen LogP contribution is 2.42. The van der Waals surface area contributed by atoms with Gasteiger partial charge in [-0.25, -0.2) is 4.98 Å². The predicted octanol–water partition coefficient (Wildman–Crippen LogP) is 4.13. The molecule has 0 unspecified atom stereocenters. The first-order valence-electron chi connectivity index (χ1n) is 12.2. The molecule has 2 amide bonds. The van der Waals surface area contributed by atoms with Gasteiger partial charge in [0.25, 0.3) is 5.91 Å². The van der Waals surface area contributed by atoms with Gasteiger partial charge in [-0.05, 0) is 60.8 Å². The van der Waals surface area contributed by atoms with E-state index in [1.54, 1.807) is 31.3 Å². The number of rotatable bonds is 5. The van der Waals surface area contributed by atoms with Crippen molar-refractivity contribution in [3.63, 3.8) is 0 Å². The van der Waals surface area contributed by atoms with Gasteiger partial charge in [0.1, 0.15) is 0 Å². The van der Waals surface area contributed by atoms with Crippen LogP contribution in [-0.4, -0.2) is 58.1 Å². The average molecular weight is 478 g/mol. The van der Waals surface area contributed by atoms with E-state index in [1.807, 2.05) is 18.2 Å². The Morgan fingerprint density at radius 3 is 2.60 bits per heavy atom. The minimum atomic E-state index is -1.01. The summed E-state index contributed by atoms with van der Waals surface area (Å²) in [5.74, 6) is -0.0871. The second kappa shape index (κ2) is 9.77. The number of likely N-dealkylation sites (tertiary alicyclic amines) is 1. The molecule has 8 heteroatoms. The third-order valence-electron chi connectivity index (χ3n) is 7.24. The number of H-pyrrole nitrogens is 1. The summed E-state index contributed by atoms with van der Waals surface area (Å²) in [4.78, 5) is 37.6. The molecule has 8 nitrogen and oxygen atoms in total. The fourth-order valence-electron chi connectivity index (χ4n) is 4.85. The van der Waals surface area contributed by atoms with Gasteiger partial charge in [0, 0.05) is 44.5 Å². The highest BCUT2D eigenvalue weighted by molar-refractivity contribution is 6.03. The van der Waals surface area contributed by atoms with E-state index < -0.39 is 5.60 Å². The van der Waals surface area contributed by atoms with Gasteiger partial charge in [0.15, 0.2) is 5.82 Å². The number of nitrogens with zero attached hydrogens (tertiary/aromatic N) is 3. The largest absolute Gasteiger partial charge is 0.385 e. The van der Waals surface area contributed by atoms with Crippen LogP contribution in [0.2, 0.25) is 0 Å². The number of piperidine rings is 1. The highest BCUT2D eigenvalue weighted by atomic mass is 16.3. The first kappa shape index (κ1) is 24.9.